The first kappa shape index (κ1) is 22.3. The Labute approximate surface area is 188 Å². The minimum absolute atomic E-state index is 0.0205. The summed E-state index contributed by atoms with van der Waals surface area (Å²) in [4.78, 5) is 13.5. The number of hydrazone groups is 1. The third-order valence-electron chi connectivity index (χ3n) is 4.04. The van der Waals surface area contributed by atoms with E-state index in [2.05, 4.69) is 10.5 Å². The molecule has 30 heavy (non-hydrogen) atoms. The summed E-state index contributed by atoms with van der Waals surface area (Å²) in [5.41, 5.74) is 3.11. The first-order chi connectivity index (χ1) is 14.3. The van der Waals surface area contributed by atoms with Crippen LogP contribution >= 0.6 is 34.5 Å². The summed E-state index contributed by atoms with van der Waals surface area (Å²) in [5.74, 6) is -0.624. The number of amides is 1. The smallest absolute Gasteiger partial charge is 0.264 e. The summed E-state index contributed by atoms with van der Waals surface area (Å²) in [7, 11) is -4.09. The molecule has 0 saturated carbocycles. The normalized spacial score (nSPS) is 11.9. The molecular formula is C20H17Cl2N3O3S2. The van der Waals surface area contributed by atoms with E-state index in [0.717, 1.165) is 9.18 Å². The van der Waals surface area contributed by atoms with Crippen LogP contribution in [-0.2, 0) is 14.8 Å². The van der Waals surface area contributed by atoms with E-state index < -0.39 is 22.5 Å². The minimum Gasteiger partial charge on any atom is -0.271 e. The Bertz CT molecular complexity index is 1170. The van der Waals surface area contributed by atoms with Gasteiger partial charge in [0.2, 0.25) is 0 Å². The summed E-state index contributed by atoms with van der Waals surface area (Å²) in [5, 5.41) is 6.16. The fourth-order valence-corrected chi connectivity index (χ4v) is 5.13. The van der Waals surface area contributed by atoms with Gasteiger partial charge in [-0.1, -0.05) is 53.5 Å². The van der Waals surface area contributed by atoms with Gasteiger partial charge in [0.25, 0.3) is 15.9 Å². The maximum atomic E-state index is 13.3. The van der Waals surface area contributed by atoms with E-state index in [-0.39, 0.29) is 20.6 Å². The van der Waals surface area contributed by atoms with Gasteiger partial charge in [-0.05, 0) is 42.6 Å². The van der Waals surface area contributed by atoms with Gasteiger partial charge >= 0.3 is 0 Å². The summed E-state index contributed by atoms with van der Waals surface area (Å²) in [6, 6.07) is 16.1. The van der Waals surface area contributed by atoms with E-state index in [1.165, 1.54) is 35.6 Å². The molecule has 0 fully saturated rings. The molecule has 6 nitrogen and oxygen atoms in total. The van der Waals surface area contributed by atoms with Gasteiger partial charge in [-0.3, -0.25) is 9.10 Å². The lowest BCUT2D eigenvalue weighted by atomic mass is 10.3. The number of hydrogen-bond donors (Lipinski definition) is 1. The number of rotatable bonds is 7. The molecule has 1 heterocycles. The Kier molecular flexibility index (Phi) is 7.14. The molecule has 156 valence electrons. The van der Waals surface area contributed by atoms with Gasteiger partial charge in [0.15, 0.2) is 0 Å². The van der Waals surface area contributed by atoms with Crippen molar-refractivity contribution in [2.75, 3.05) is 10.8 Å². The predicted molar refractivity (Wildman–Crippen MR) is 122 cm³/mol. The number of halogens is 2. The van der Waals surface area contributed by atoms with Gasteiger partial charge in [0.1, 0.15) is 6.54 Å². The van der Waals surface area contributed by atoms with Crippen LogP contribution in [0.25, 0.3) is 0 Å². The lowest BCUT2D eigenvalue weighted by Gasteiger charge is -2.25. The Morgan fingerprint density at radius 2 is 1.80 bits per heavy atom. The molecule has 0 atom stereocenters. The quantitative estimate of drug-likeness (QED) is 0.389. The first-order valence-electron chi connectivity index (χ1n) is 8.69. The zero-order valence-electron chi connectivity index (χ0n) is 15.7. The fourth-order valence-electron chi connectivity index (χ4n) is 2.56. The highest BCUT2D eigenvalue weighted by molar-refractivity contribution is 7.92. The van der Waals surface area contributed by atoms with Crippen LogP contribution in [0, 0.1) is 0 Å². The number of hydrogen-bond acceptors (Lipinski definition) is 5. The highest BCUT2D eigenvalue weighted by Gasteiger charge is 2.29. The van der Waals surface area contributed by atoms with Crippen LogP contribution in [0.1, 0.15) is 11.8 Å². The Hall–Kier alpha value is -2.39. The molecule has 1 amide bonds. The second-order valence-corrected chi connectivity index (χ2v) is 9.70. The number of thiophene rings is 1. The van der Waals surface area contributed by atoms with Crippen molar-refractivity contribution in [3.63, 3.8) is 0 Å². The number of anilines is 1. The van der Waals surface area contributed by atoms with Crippen molar-refractivity contribution in [1.29, 1.82) is 0 Å². The molecule has 0 saturated heterocycles. The second-order valence-electron chi connectivity index (χ2n) is 6.11. The molecule has 3 rings (SSSR count). The maximum Gasteiger partial charge on any atom is 0.264 e. The Balaban J connectivity index is 1.93. The molecule has 2 aromatic carbocycles. The lowest BCUT2D eigenvalue weighted by Crippen LogP contribution is -2.40. The Morgan fingerprint density at radius 3 is 2.47 bits per heavy atom. The molecule has 0 unspecified atom stereocenters. The number of benzene rings is 2. The van der Waals surface area contributed by atoms with Crippen molar-refractivity contribution in [2.45, 2.75) is 11.8 Å². The van der Waals surface area contributed by atoms with Crippen LogP contribution in [-0.4, -0.2) is 26.6 Å². The van der Waals surface area contributed by atoms with Crippen molar-refractivity contribution in [2.24, 2.45) is 5.10 Å². The molecular weight excluding hydrogens is 465 g/mol. The first-order valence-corrected chi connectivity index (χ1v) is 11.8. The largest absolute Gasteiger partial charge is 0.271 e. The monoisotopic (exact) mass is 481 g/mol. The van der Waals surface area contributed by atoms with Crippen LogP contribution in [0.2, 0.25) is 10.0 Å². The van der Waals surface area contributed by atoms with Gasteiger partial charge in [0, 0.05) is 4.88 Å². The molecule has 0 aliphatic carbocycles. The zero-order valence-corrected chi connectivity index (χ0v) is 18.9. The fraction of sp³-hybridized carbons (Fsp3) is 0.100. The van der Waals surface area contributed by atoms with Gasteiger partial charge < -0.3 is 0 Å². The molecule has 0 aliphatic rings. The van der Waals surface area contributed by atoms with Crippen LogP contribution < -0.4 is 9.73 Å². The maximum absolute atomic E-state index is 13.3. The number of nitrogens with zero attached hydrogens (tertiary/aromatic N) is 2. The molecule has 10 heteroatoms. The number of nitrogens with one attached hydrogen (secondary N) is 1. The van der Waals surface area contributed by atoms with E-state index in [9.17, 15) is 13.2 Å². The van der Waals surface area contributed by atoms with Crippen LogP contribution in [0.15, 0.2) is 76.0 Å². The van der Waals surface area contributed by atoms with E-state index in [4.69, 9.17) is 23.2 Å². The molecule has 3 aromatic rings. The predicted octanol–water partition coefficient (Wildman–Crippen LogP) is 4.79. The molecule has 0 aliphatic heterocycles. The van der Waals surface area contributed by atoms with E-state index >= 15 is 0 Å². The average molecular weight is 482 g/mol. The van der Waals surface area contributed by atoms with Crippen molar-refractivity contribution in [3.05, 3.63) is 81.0 Å². The second kappa shape index (κ2) is 9.61. The molecule has 0 radical (unpaired) electrons. The minimum atomic E-state index is -4.09. The molecule has 0 bridgehead atoms. The van der Waals surface area contributed by atoms with E-state index in [0.29, 0.717) is 5.71 Å². The number of carbonyl (C=O) groups is 1. The lowest BCUT2D eigenvalue weighted by molar-refractivity contribution is -0.119. The van der Waals surface area contributed by atoms with Crippen molar-refractivity contribution < 1.29 is 13.2 Å². The topological polar surface area (TPSA) is 78.8 Å². The Morgan fingerprint density at radius 1 is 1.07 bits per heavy atom. The van der Waals surface area contributed by atoms with Gasteiger partial charge in [-0.15, -0.1) is 11.3 Å². The highest BCUT2D eigenvalue weighted by Crippen LogP contribution is 2.35. The van der Waals surface area contributed by atoms with E-state index in [1.54, 1.807) is 31.2 Å². The standard InChI is InChI=1S/C20H17Cl2N3O3S2/c1-14(18-11-6-12-29-18)23-24-19(26)13-25(17-10-5-9-16(21)20(17)22)30(27,28)15-7-3-2-4-8-15/h2-12H,13H2,1H3,(H,24,26)/b23-14-. The van der Waals surface area contributed by atoms with E-state index in [1.807, 2.05) is 17.5 Å². The third kappa shape index (κ3) is 5.02. The third-order valence-corrected chi connectivity index (χ3v) is 7.61. The van der Waals surface area contributed by atoms with Crippen LogP contribution in [0.5, 0.6) is 0 Å². The summed E-state index contributed by atoms with van der Waals surface area (Å²) in [6.45, 7) is 1.22. The van der Waals surface area contributed by atoms with Gasteiger partial charge in [-0.2, -0.15) is 5.10 Å². The number of sulfonamides is 1. The zero-order chi connectivity index (χ0) is 21.7. The SMILES string of the molecule is C/C(=N/NC(=O)CN(c1cccc(Cl)c1Cl)S(=O)(=O)c1ccccc1)c1cccs1. The van der Waals surface area contributed by atoms with Crippen LogP contribution in [0.3, 0.4) is 0 Å². The highest BCUT2D eigenvalue weighted by atomic mass is 35.5. The molecule has 1 N–H and O–H groups in total. The average Bonchev–Trinajstić information content (AvgIpc) is 3.28. The number of carbonyl (C=O) groups excluding carboxylic acids is 1. The summed E-state index contributed by atoms with van der Waals surface area (Å²) < 4.78 is 27.5. The van der Waals surface area contributed by atoms with Crippen molar-refractivity contribution in [3.8, 4) is 0 Å². The van der Waals surface area contributed by atoms with Gasteiger partial charge in [-0.25, -0.2) is 13.8 Å². The van der Waals surface area contributed by atoms with Crippen molar-refractivity contribution in [1.82, 2.24) is 5.43 Å². The van der Waals surface area contributed by atoms with Crippen LogP contribution in [0.4, 0.5) is 5.69 Å². The molecule has 0 spiro atoms. The molecule has 1 aromatic heterocycles. The summed E-state index contributed by atoms with van der Waals surface area (Å²) >= 11 is 13.8. The van der Waals surface area contributed by atoms with Gasteiger partial charge in [0.05, 0.1) is 26.3 Å². The summed E-state index contributed by atoms with van der Waals surface area (Å²) in [6.07, 6.45) is 0. The van der Waals surface area contributed by atoms with Crippen molar-refractivity contribution >= 4 is 61.9 Å².